The number of benzene rings is 1. The average molecular weight is 247 g/mol. The molecule has 0 saturated carbocycles. The lowest BCUT2D eigenvalue weighted by Gasteiger charge is -2.11. The van der Waals surface area contributed by atoms with Gasteiger partial charge in [0.25, 0.3) is 0 Å². The standard InChI is InChI=1S/C16H27N2/c1-5-6-7-10-13-17(3)14-18(4)16-12-9-8-11-15(16)2/h8-9,11-12,14H,5-7,10,13H2,1-4H3/q+1. The van der Waals surface area contributed by atoms with Gasteiger partial charge in [-0.1, -0.05) is 38.0 Å². The highest BCUT2D eigenvalue weighted by Crippen LogP contribution is 2.16. The van der Waals surface area contributed by atoms with Crippen LogP contribution < -0.4 is 4.90 Å². The van der Waals surface area contributed by atoms with Crippen LogP contribution in [0.4, 0.5) is 5.69 Å². The van der Waals surface area contributed by atoms with Crippen LogP contribution >= 0.6 is 0 Å². The van der Waals surface area contributed by atoms with Gasteiger partial charge in [0.2, 0.25) is 6.34 Å². The van der Waals surface area contributed by atoms with Crippen molar-refractivity contribution < 1.29 is 4.58 Å². The molecule has 0 fully saturated rings. The van der Waals surface area contributed by atoms with E-state index in [1.54, 1.807) is 0 Å². The number of hydrogen-bond acceptors (Lipinski definition) is 0. The first-order chi connectivity index (χ1) is 8.65. The summed E-state index contributed by atoms with van der Waals surface area (Å²) in [7, 11) is 4.27. The molecule has 0 aliphatic heterocycles. The largest absolute Gasteiger partial charge is 0.271 e. The topological polar surface area (TPSA) is 6.25 Å². The Kier molecular flexibility index (Phi) is 6.48. The van der Waals surface area contributed by atoms with Gasteiger partial charge in [-0.3, -0.25) is 4.58 Å². The zero-order valence-electron chi connectivity index (χ0n) is 12.3. The van der Waals surface area contributed by atoms with Crippen LogP contribution in [0.1, 0.15) is 38.2 Å². The van der Waals surface area contributed by atoms with Gasteiger partial charge in [0.1, 0.15) is 5.69 Å². The number of aryl methyl sites for hydroxylation is 1. The normalized spacial score (nSPS) is 11.7. The molecule has 1 aromatic carbocycles. The van der Waals surface area contributed by atoms with Crippen LogP contribution in [0.5, 0.6) is 0 Å². The Morgan fingerprint density at radius 1 is 1.17 bits per heavy atom. The lowest BCUT2D eigenvalue weighted by Crippen LogP contribution is -2.23. The summed E-state index contributed by atoms with van der Waals surface area (Å²) < 4.78 is 2.28. The minimum atomic E-state index is 1.14. The third kappa shape index (κ3) is 4.91. The first-order valence-electron chi connectivity index (χ1n) is 6.99. The van der Waals surface area contributed by atoms with Crippen LogP contribution in [0.3, 0.4) is 0 Å². The quantitative estimate of drug-likeness (QED) is 0.308. The molecule has 1 aromatic rings. The van der Waals surface area contributed by atoms with Crippen molar-refractivity contribution in [2.24, 2.45) is 0 Å². The van der Waals surface area contributed by atoms with Crippen molar-refractivity contribution >= 4 is 12.0 Å². The second kappa shape index (κ2) is 7.91. The monoisotopic (exact) mass is 247 g/mol. The summed E-state index contributed by atoms with van der Waals surface area (Å²) in [4.78, 5) is 2.20. The summed E-state index contributed by atoms with van der Waals surface area (Å²) >= 11 is 0. The van der Waals surface area contributed by atoms with E-state index in [0.29, 0.717) is 0 Å². The van der Waals surface area contributed by atoms with Crippen molar-refractivity contribution in [3.8, 4) is 0 Å². The number of hydrogen-bond donors (Lipinski definition) is 0. The third-order valence-electron chi connectivity index (χ3n) is 3.23. The molecule has 2 nitrogen and oxygen atoms in total. The van der Waals surface area contributed by atoms with Crippen LogP contribution in [0.2, 0.25) is 0 Å². The smallest absolute Gasteiger partial charge is 0.238 e. The summed E-state index contributed by atoms with van der Waals surface area (Å²) in [5.41, 5.74) is 2.59. The van der Waals surface area contributed by atoms with Gasteiger partial charge in [-0.05, 0) is 31.4 Å². The van der Waals surface area contributed by atoms with Crippen LogP contribution in [-0.2, 0) is 0 Å². The second-order valence-corrected chi connectivity index (χ2v) is 5.05. The van der Waals surface area contributed by atoms with E-state index in [2.05, 4.69) is 68.0 Å². The molecule has 0 amide bonds. The maximum atomic E-state index is 2.28. The highest BCUT2D eigenvalue weighted by Gasteiger charge is 2.07. The SMILES string of the molecule is CCCCCC[N+](C)=CN(C)c1ccccc1C. The Labute approximate surface area is 112 Å². The zero-order chi connectivity index (χ0) is 13.4. The molecule has 18 heavy (non-hydrogen) atoms. The van der Waals surface area contributed by atoms with Crippen LogP contribution in [0, 0.1) is 6.92 Å². The van der Waals surface area contributed by atoms with Crippen molar-refractivity contribution in [2.75, 3.05) is 25.5 Å². The summed E-state index contributed by atoms with van der Waals surface area (Å²) in [6, 6.07) is 8.49. The van der Waals surface area contributed by atoms with Gasteiger partial charge in [-0.2, -0.15) is 0 Å². The van der Waals surface area contributed by atoms with Crippen molar-refractivity contribution in [3.05, 3.63) is 29.8 Å². The third-order valence-corrected chi connectivity index (χ3v) is 3.23. The molecular formula is C16H27N2+. The Morgan fingerprint density at radius 3 is 2.56 bits per heavy atom. The van der Waals surface area contributed by atoms with E-state index < -0.39 is 0 Å². The summed E-state index contributed by atoms with van der Waals surface area (Å²) in [5, 5.41) is 0. The number of unbranched alkanes of at least 4 members (excludes halogenated alkanes) is 3. The van der Waals surface area contributed by atoms with Gasteiger partial charge >= 0.3 is 0 Å². The lowest BCUT2D eigenvalue weighted by molar-refractivity contribution is -0.494. The highest BCUT2D eigenvalue weighted by molar-refractivity contribution is 5.76. The maximum Gasteiger partial charge on any atom is 0.238 e. The number of nitrogens with zero attached hydrogens (tertiary/aromatic N) is 2. The van der Waals surface area contributed by atoms with Crippen molar-refractivity contribution in [1.29, 1.82) is 0 Å². The Morgan fingerprint density at radius 2 is 1.89 bits per heavy atom. The Bertz CT molecular complexity index is 382. The average Bonchev–Trinajstić information content (AvgIpc) is 2.35. The molecule has 0 unspecified atom stereocenters. The van der Waals surface area contributed by atoms with Crippen LogP contribution in [0.25, 0.3) is 0 Å². The molecule has 100 valence electrons. The number of para-hydroxylation sites is 1. The van der Waals surface area contributed by atoms with Gasteiger partial charge in [0.15, 0.2) is 0 Å². The van der Waals surface area contributed by atoms with E-state index in [1.165, 1.54) is 36.9 Å². The summed E-state index contributed by atoms with van der Waals surface area (Å²) in [5.74, 6) is 0. The molecule has 0 bridgehead atoms. The minimum absolute atomic E-state index is 1.14. The molecule has 1 rings (SSSR count). The number of rotatable bonds is 7. The minimum Gasteiger partial charge on any atom is -0.271 e. The van der Waals surface area contributed by atoms with Crippen molar-refractivity contribution in [1.82, 2.24) is 0 Å². The van der Waals surface area contributed by atoms with E-state index in [4.69, 9.17) is 0 Å². The first kappa shape index (κ1) is 14.7. The van der Waals surface area contributed by atoms with Crippen LogP contribution in [-0.4, -0.2) is 31.6 Å². The summed E-state index contributed by atoms with van der Waals surface area (Å²) in [6.07, 6.45) is 7.46. The predicted molar refractivity (Wildman–Crippen MR) is 80.8 cm³/mol. The second-order valence-electron chi connectivity index (χ2n) is 5.05. The van der Waals surface area contributed by atoms with Gasteiger partial charge in [0.05, 0.1) is 20.6 Å². The van der Waals surface area contributed by atoms with Gasteiger partial charge < -0.3 is 0 Å². The lowest BCUT2D eigenvalue weighted by atomic mass is 10.2. The maximum absolute atomic E-state index is 2.28. The molecule has 0 aliphatic rings. The van der Waals surface area contributed by atoms with Gasteiger partial charge in [-0.15, -0.1) is 0 Å². The molecule has 2 heteroatoms. The fourth-order valence-corrected chi connectivity index (χ4v) is 2.16. The summed E-state index contributed by atoms with van der Waals surface area (Å²) in [6.45, 7) is 5.54. The molecular weight excluding hydrogens is 220 g/mol. The molecule has 0 aliphatic carbocycles. The molecule has 0 spiro atoms. The molecule has 0 heterocycles. The van der Waals surface area contributed by atoms with Gasteiger partial charge in [0, 0.05) is 0 Å². The molecule has 0 aromatic heterocycles. The molecule has 0 N–H and O–H groups in total. The van der Waals surface area contributed by atoms with Crippen molar-refractivity contribution in [2.45, 2.75) is 39.5 Å². The first-order valence-corrected chi connectivity index (χ1v) is 6.99. The van der Waals surface area contributed by atoms with Crippen molar-refractivity contribution in [3.63, 3.8) is 0 Å². The molecule has 0 atom stereocenters. The van der Waals surface area contributed by atoms with E-state index in [-0.39, 0.29) is 0 Å². The fraction of sp³-hybridized carbons (Fsp3) is 0.562. The zero-order valence-corrected chi connectivity index (χ0v) is 12.3. The number of anilines is 1. The Hall–Kier alpha value is -1.31. The van der Waals surface area contributed by atoms with E-state index in [1.807, 2.05) is 0 Å². The fourth-order valence-electron chi connectivity index (χ4n) is 2.16. The van der Waals surface area contributed by atoms with E-state index in [9.17, 15) is 0 Å². The van der Waals surface area contributed by atoms with Gasteiger partial charge in [-0.25, -0.2) is 4.90 Å². The van der Waals surface area contributed by atoms with E-state index in [0.717, 1.165) is 6.54 Å². The highest BCUT2D eigenvalue weighted by atomic mass is 15.2. The van der Waals surface area contributed by atoms with E-state index >= 15 is 0 Å². The molecule has 0 radical (unpaired) electrons. The Balaban J connectivity index is 2.52. The van der Waals surface area contributed by atoms with Crippen LogP contribution in [0.15, 0.2) is 24.3 Å². The molecule has 0 saturated heterocycles. The predicted octanol–water partition coefficient (Wildman–Crippen LogP) is 3.68.